The highest BCUT2D eigenvalue weighted by Crippen LogP contribution is 2.29. The lowest BCUT2D eigenvalue weighted by atomic mass is 10.2. The number of hydrogen-bond donors (Lipinski definition) is 2. The molecule has 0 aliphatic heterocycles. The Balaban J connectivity index is 0.00000144. The lowest BCUT2D eigenvalue weighted by Crippen LogP contribution is -1.95. The predicted molar refractivity (Wildman–Crippen MR) is 96.1 cm³/mol. The van der Waals surface area contributed by atoms with E-state index >= 15 is 0 Å². The van der Waals surface area contributed by atoms with Crippen molar-refractivity contribution in [3.05, 3.63) is 59.3 Å². The third-order valence-corrected chi connectivity index (χ3v) is 3.87. The molecule has 0 unspecified atom stereocenters. The van der Waals surface area contributed by atoms with E-state index in [1.807, 2.05) is 42.5 Å². The van der Waals surface area contributed by atoms with Gasteiger partial charge in [0.25, 0.3) is 0 Å². The van der Waals surface area contributed by atoms with Crippen molar-refractivity contribution in [1.82, 2.24) is 15.0 Å². The van der Waals surface area contributed by atoms with Gasteiger partial charge >= 0.3 is 0 Å². The average Bonchev–Trinajstić information content (AvgIpc) is 2.87. The second-order valence-corrected chi connectivity index (χ2v) is 5.67. The van der Waals surface area contributed by atoms with Crippen molar-refractivity contribution < 1.29 is 0 Å². The van der Waals surface area contributed by atoms with Crippen molar-refractivity contribution in [2.75, 3.05) is 5.32 Å². The van der Waals surface area contributed by atoms with E-state index in [4.69, 9.17) is 0 Å². The van der Waals surface area contributed by atoms with Crippen LogP contribution >= 0.6 is 28.3 Å². The first kappa shape index (κ1) is 14.8. The maximum absolute atomic E-state index is 4.40. The Morgan fingerprint density at radius 1 is 1.00 bits per heavy atom. The lowest BCUT2D eigenvalue weighted by Gasteiger charge is -2.06. The van der Waals surface area contributed by atoms with Crippen LogP contribution in [0.4, 0.5) is 11.5 Å². The zero-order valence-corrected chi connectivity index (χ0v) is 13.8. The minimum atomic E-state index is 0. The van der Waals surface area contributed by atoms with E-state index in [9.17, 15) is 0 Å². The van der Waals surface area contributed by atoms with E-state index in [2.05, 4.69) is 42.3 Å². The molecule has 2 aromatic heterocycles. The number of rotatable bonds is 2. The lowest BCUT2D eigenvalue weighted by molar-refractivity contribution is 1.22. The maximum atomic E-state index is 4.40. The molecule has 0 saturated heterocycles. The van der Waals surface area contributed by atoms with Gasteiger partial charge in [-0.3, -0.25) is 0 Å². The van der Waals surface area contributed by atoms with Crippen molar-refractivity contribution in [3.63, 3.8) is 0 Å². The van der Waals surface area contributed by atoms with Crippen LogP contribution in [-0.2, 0) is 0 Å². The first-order valence-corrected chi connectivity index (χ1v) is 7.34. The summed E-state index contributed by atoms with van der Waals surface area (Å²) in [6.07, 6.45) is 1.59. The minimum absolute atomic E-state index is 0. The van der Waals surface area contributed by atoms with Gasteiger partial charge in [-0.1, -0.05) is 40.2 Å². The molecular formula is C16H12BrClN4. The molecule has 2 aromatic carbocycles. The molecule has 22 heavy (non-hydrogen) atoms. The fourth-order valence-electron chi connectivity index (χ4n) is 2.44. The number of anilines is 2. The van der Waals surface area contributed by atoms with E-state index in [1.165, 1.54) is 0 Å². The van der Waals surface area contributed by atoms with Crippen LogP contribution in [0.2, 0.25) is 0 Å². The molecule has 0 bridgehead atoms. The average molecular weight is 376 g/mol. The highest BCUT2D eigenvalue weighted by Gasteiger charge is 2.10. The smallest absolute Gasteiger partial charge is 0.158 e. The number of H-pyrrole nitrogens is 1. The Kier molecular flexibility index (Phi) is 4.00. The van der Waals surface area contributed by atoms with E-state index in [-0.39, 0.29) is 12.4 Å². The van der Waals surface area contributed by atoms with Crippen LogP contribution in [0.5, 0.6) is 0 Å². The predicted octanol–water partition coefficient (Wildman–Crippen LogP) is 5.04. The molecule has 0 radical (unpaired) electrons. The number of aromatic amines is 1. The van der Waals surface area contributed by atoms with E-state index in [0.717, 1.165) is 37.9 Å². The van der Waals surface area contributed by atoms with Crippen LogP contribution < -0.4 is 5.32 Å². The fraction of sp³-hybridized carbons (Fsp3) is 0. The molecule has 4 rings (SSSR count). The fourth-order valence-corrected chi connectivity index (χ4v) is 2.84. The van der Waals surface area contributed by atoms with Gasteiger partial charge in [0.1, 0.15) is 17.4 Å². The second-order valence-electron chi connectivity index (χ2n) is 4.75. The molecule has 0 fully saturated rings. The largest absolute Gasteiger partial charge is 0.350 e. The molecule has 0 atom stereocenters. The van der Waals surface area contributed by atoms with Gasteiger partial charge in [0.15, 0.2) is 5.82 Å². The molecule has 4 nitrogen and oxygen atoms in total. The zero-order chi connectivity index (χ0) is 14.2. The summed E-state index contributed by atoms with van der Waals surface area (Å²) in [6.45, 7) is 0. The number of nitrogens with one attached hydrogen (secondary N) is 2. The minimum Gasteiger partial charge on any atom is -0.350 e. The first-order valence-electron chi connectivity index (χ1n) is 6.55. The van der Waals surface area contributed by atoms with Gasteiger partial charge in [-0.2, -0.15) is 0 Å². The molecule has 6 heteroatoms. The van der Waals surface area contributed by atoms with E-state index in [1.54, 1.807) is 6.33 Å². The van der Waals surface area contributed by atoms with Crippen molar-refractivity contribution >= 4 is 61.8 Å². The highest BCUT2D eigenvalue weighted by molar-refractivity contribution is 9.10. The van der Waals surface area contributed by atoms with Crippen LogP contribution in [0.3, 0.4) is 0 Å². The van der Waals surface area contributed by atoms with E-state index < -0.39 is 0 Å². The van der Waals surface area contributed by atoms with Gasteiger partial charge in [-0.15, -0.1) is 12.4 Å². The standard InChI is InChI=1S/C16H11BrN4.ClH/c17-10-4-3-5-11(8-10)20-16-15-14(18-9-19-16)12-6-1-2-7-13(12)21-15;/h1-9,21H,(H,18,19,20);1H. The number of nitrogens with zero attached hydrogens (tertiary/aromatic N) is 2. The number of halogens is 2. The Labute approximate surface area is 141 Å². The molecule has 2 N–H and O–H groups in total. The first-order chi connectivity index (χ1) is 10.3. The Morgan fingerprint density at radius 2 is 1.86 bits per heavy atom. The van der Waals surface area contributed by atoms with Crippen LogP contribution in [0.1, 0.15) is 0 Å². The summed E-state index contributed by atoms with van der Waals surface area (Å²) in [5.74, 6) is 0.773. The number of fused-ring (bicyclic) bond motifs is 3. The topological polar surface area (TPSA) is 53.6 Å². The number of para-hydroxylation sites is 1. The molecule has 0 aliphatic carbocycles. The molecule has 4 aromatic rings. The highest BCUT2D eigenvalue weighted by atomic mass is 79.9. The van der Waals surface area contributed by atoms with Crippen LogP contribution in [0.25, 0.3) is 21.9 Å². The Bertz CT molecular complexity index is 951. The summed E-state index contributed by atoms with van der Waals surface area (Å²) in [7, 11) is 0. The third kappa shape index (κ3) is 2.53. The zero-order valence-electron chi connectivity index (χ0n) is 11.4. The summed E-state index contributed by atoms with van der Waals surface area (Å²) in [5.41, 5.74) is 3.88. The van der Waals surface area contributed by atoms with Crippen molar-refractivity contribution in [3.8, 4) is 0 Å². The van der Waals surface area contributed by atoms with Crippen LogP contribution in [0, 0.1) is 0 Å². The summed E-state index contributed by atoms with van der Waals surface area (Å²) in [4.78, 5) is 12.1. The van der Waals surface area contributed by atoms with Gasteiger partial charge in [-0.25, -0.2) is 9.97 Å². The molecule has 0 saturated carbocycles. The van der Waals surface area contributed by atoms with Crippen LogP contribution in [0.15, 0.2) is 59.3 Å². The Morgan fingerprint density at radius 3 is 2.73 bits per heavy atom. The summed E-state index contributed by atoms with van der Waals surface area (Å²) >= 11 is 3.47. The third-order valence-electron chi connectivity index (χ3n) is 3.38. The maximum Gasteiger partial charge on any atom is 0.158 e. The summed E-state index contributed by atoms with van der Waals surface area (Å²) in [5, 5.41) is 4.44. The van der Waals surface area contributed by atoms with Gasteiger partial charge < -0.3 is 10.3 Å². The number of benzene rings is 2. The Hall–Kier alpha value is -2.11. The number of hydrogen-bond acceptors (Lipinski definition) is 3. The molecule has 2 heterocycles. The van der Waals surface area contributed by atoms with Crippen molar-refractivity contribution in [1.29, 1.82) is 0 Å². The monoisotopic (exact) mass is 374 g/mol. The van der Waals surface area contributed by atoms with Gasteiger partial charge in [0.2, 0.25) is 0 Å². The molecule has 0 amide bonds. The van der Waals surface area contributed by atoms with Gasteiger partial charge in [-0.05, 0) is 24.3 Å². The summed E-state index contributed by atoms with van der Waals surface area (Å²) < 4.78 is 1.02. The normalized spacial score (nSPS) is 10.6. The quantitative estimate of drug-likeness (QED) is 0.516. The second kappa shape index (κ2) is 5.94. The van der Waals surface area contributed by atoms with Gasteiger partial charge in [0, 0.05) is 21.1 Å². The van der Waals surface area contributed by atoms with Crippen molar-refractivity contribution in [2.45, 2.75) is 0 Å². The molecular weight excluding hydrogens is 364 g/mol. The SMILES string of the molecule is Brc1cccc(Nc2ncnc3c2[nH]c2ccccc23)c1.Cl. The molecule has 0 aliphatic rings. The molecule has 0 spiro atoms. The summed E-state index contributed by atoms with van der Waals surface area (Å²) in [6, 6.07) is 16.1. The molecule has 110 valence electrons. The van der Waals surface area contributed by atoms with E-state index in [0.29, 0.717) is 0 Å². The van der Waals surface area contributed by atoms with Crippen molar-refractivity contribution in [2.24, 2.45) is 0 Å². The number of aromatic nitrogens is 3. The van der Waals surface area contributed by atoms with Gasteiger partial charge in [0.05, 0.1) is 0 Å². The van der Waals surface area contributed by atoms with Crippen LogP contribution in [-0.4, -0.2) is 15.0 Å².